The Bertz CT molecular complexity index is 2390. The van der Waals surface area contributed by atoms with Crippen molar-refractivity contribution >= 4 is 18.0 Å². The summed E-state index contributed by atoms with van der Waals surface area (Å²) in [5.41, 5.74) is 3.92. The number of aromatic nitrogens is 2. The number of carbonyl (C=O) groups is 3. The second-order valence-corrected chi connectivity index (χ2v) is 15.4. The molecule has 1 unspecified atom stereocenters. The summed E-state index contributed by atoms with van der Waals surface area (Å²) in [6.07, 6.45) is 1.42. The number of esters is 1. The van der Waals surface area contributed by atoms with Gasteiger partial charge in [-0.15, -0.1) is 0 Å². The average molecular weight is 808 g/mol. The number of hydrogen-bond acceptors (Lipinski definition) is 9. The van der Waals surface area contributed by atoms with Crippen LogP contribution in [-0.2, 0) is 38.8 Å². The number of amides is 2. The van der Waals surface area contributed by atoms with E-state index in [0.717, 1.165) is 27.8 Å². The Kier molecular flexibility index (Phi) is 12.4. The highest BCUT2D eigenvalue weighted by Crippen LogP contribution is 2.37. The van der Waals surface area contributed by atoms with E-state index < -0.39 is 17.5 Å². The van der Waals surface area contributed by atoms with Gasteiger partial charge in [-0.25, -0.2) is 9.18 Å². The molecule has 3 heterocycles. The smallest absolute Gasteiger partial charge is 0.407 e. The lowest BCUT2D eigenvalue weighted by atomic mass is 9.76. The molecule has 8 rings (SSSR count). The number of hydrogen-bond donors (Lipinski definition) is 1. The lowest BCUT2D eigenvalue weighted by Crippen LogP contribution is -2.58. The van der Waals surface area contributed by atoms with Gasteiger partial charge in [0.25, 0.3) is 5.89 Å². The van der Waals surface area contributed by atoms with Crippen molar-refractivity contribution in [2.24, 2.45) is 5.41 Å². The van der Waals surface area contributed by atoms with E-state index >= 15 is 4.39 Å². The van der Waals surface area contributed by atoms with Gasteiger partial charge >= 0.3 is 12.1 Å². The van der Waals surface area contributed by atoms with Crippen LogP contribution in [0.5, 0.6) is 0 Å². The predicted molar refractivity (Wildman–Crippen MR) is 223 cm³/mol. The fourth-order valence-electron chi connectivity index (χ4n) is 7.95. The molecular formula is C48H46FN5O6. The Morgan fingerprint density at radius 2 is 1.37 bits per heavy atom. The predicted octanol–water partition coefficient (Wildman–Crippen LogP) is 8.45. The zero-order valence-corrected chi connectivity index (χ0v) is 33.2. The van der Waals surface area contributed by atoms with Crippen molar-refractivity contribution in [3.05, 3.63) is 156 Å². The van der Waals surface area contributed by atoms with E-state index in [1.807, 2.05) is 115 Å². The van der Waals surface area contributed by atoms with Crippen LogP contribution in [0.4, 0.5) is 9.18 Å². The molecule has 11 nitrogen and oxygen atoms in total. The molecular weight excluding hydrogens is 762 g/mol. The molecule has 1 atom stereocenters. The zero-order valence-electron chi connectivity index (χ0n) is 33.2. The van der Waals surface area contributed by atoms with Gasteiger partial charge in [0.2, 0.25) is 11.7 Å². The number of likely N-dealkylation sites (tertiary alicyclic amines) is 2. The van der Waals surface area contributed by atoms with Crippen LogP contribution in [0.15, 0.2) is 138 Å². The lowest BCUT2D eigenvalue weighted by Gasteiger charge is -2.43. The molecule has 2 amide bonds. The fourth-order valence-corrected chi connectivity index (χ4v) is 7.95. The van der Waals surface area contributed by atoms with Crippen LogP contribution in [0.3, 0.4) is 0 Å². The van der Waals surface area contributed by atoms with E-state index in [1.165, 1.54) is 6.07 Å². The normalized spacial score (nSPS) is 16.5. The Morgan fingerprint density at radius 1 is 0.733 bits per heavy atom. The van der Waals surface area contributed by atoms with Crippen molar-refractivity contribution in [1.82, 2.24) is 25.3 Å². The molecule has 0 radical (unpaired) electrons. The summed E-state index contributed by atoms with van der Waals surface area (Å²) in [5.74, 6) is -0.551. The second-order valence-electron chi connectivity index (χ2n) is 15.4. The highest BCUT2D eigenvalue weighted by molar-refractivity contribution is 6.03. The third-order valence-electron chi connectivity index (χ3n) is 11.3. The zero-order chi connectivity index (χ0) is 41.3. The third-order valence-corrected chi connectivity index (χ3v) is 11.3. The van der Waals surface area contributed by atoms with Crippen molar-refractivity contribution in [2.75, 3.05) is 26.2 Å². The maximum Gasteiger partial charge on any atom is 0.407 e. The molecule has 6 aromatic rings. The van der Waals surface area contributed by atoms with E-state index in [-0.39, 0.29) is 43.4 Å². The lowest BCUT2D eigenvalue weighted by molar-refractivity contribution is -0.171. The molecule has 2 saturated heterocycles. The molecule has 12 heteroatoms. The molecule has 60 heavy (non-hydrogen) atoms. The molecule has 2 aliphatic rings. The van der Waals surface area contributed by atoms with Crippen molar-refractivity contribution in [1.29, 1.82) is 0 Å². The first-order chi connectivity index (χ1) is 29.3. The van der Waals surface area contributed by atoms with Gasteiger partial charge in [-0.2, -0.15) is 4.98 Å². The third kappa shape index (κ3) is 9.45. The minimum atomic E-state index is -1.36. The number of piperidine rings is 2. The van der Waals surface area contributed by atoms with E-state index in [1.54, 1.807) is 17.0 Å². The summed E-state index contributed by atoms with van der Waals surface area (Å²) in [7, 11) is 0. The maximum atomic E-state index is 15.1. The van der Waals surface area contributed by atoms with E-state index in [4.69, 9.17) is 14.0 Å². The Balaban J connectivity index is 0.899. The molecule has 306 valence electrons. The van der Waals surface area contributed by atoms with Gasteiger partial charge < -0.3 is 24.2 Å². The van der Waals surface area contributed by atoms with Gasteiger partial charge in [0.15, 0.2) is 0 Å². The second kappa shape index (κ2) is 18.5. The first kappa shape index (κ1) is 40.1. The van der Waals surface area contributed by atoms with Crippen molar-refractivity contribution in [2.45, 2.75) is 51.5 Å². The van der Waals surface area contributed by atoms with Crippen LogP contribution >= 0.6 is 0 Å². The van der Waals surface area contributed by atoms with Crippen LogP contribution in [0.25, 0.3) is 34.0 Å². The molecule has 2 aliphatic heterocycles. The van der Waals surface area contributed by atoms with Gasteiger partial charge in [-0.05, 0) is 60.1 Å². The van der Waals surface area contributed by atoms with Crippen LogP contribution in [0, 0.1) is 11.2 Å². The molecule has 0 saturated carbocycles. The molecule has 1 aromatic heterocycles. The first-order valence-electron chi connectivity index (χ1n) is 20.3. The number of rotatable bonds is 12. The number of alkyl carbamates (subject to hydrolysis) is 1. The molecule has 0 spiro atoms. The summed E-state index contributed by atoms with van der Waals surface area (Å²) >= 11 is 0. The van der Waals surface area contributed by atoms with Gasteiger partial charge in [0, 0.05) is 55.5 Å². The van der Waals surface area contributed by atoms with Gasteiger partial charge in [0.05, 0.1) is 0 Å². The summed E-state index contributed by atoms with van der Waals surface area (Å²) in [5, 5.41) is 7.08. The quantitative estimate of drug-likeness (QED) is 0.0958. The first-order valence-corrected chi connectivity index (χ1v) is 20.3. The van der Waals surface area contributed by atoms with E-state index in [9.17, 15) is 14.4 Å². The summed E-state index contributed by atoms with van der Waals surface area (Å²) in [4.78, 5) is 49.8. The highest BCUT2D eigenvalue weighted by Gasteiger charge is 2.51. The fraction of sp³-hybridized carbons (Fsp3) is 0.271. The number of nitrogens with one attached hydrogen (secondary N) is 1. The van der Waals surface area contributed by atoms with Gasteiger partial charge in [0.1, 0.15) is 24.4 Å². The maximum absolute atomic E-state index is 15.1. The minimum absolute atomic E-state index is 0.0709. The Morgan fingerprint density at radius 3 is 2.03 bits per heavy atom. The largest absolute Gasteiger partial charge is 0.460 e. The molecule has 0 aliphatic carbocycles. The summed E-state index contributed by atoms with van der Waals surface area (Å²) in [6.45, 7) is 2.59. The summed E-state index contributed by atoms with van der Waals surface area (Å²) in [6, 6.07) is 40.6. The van der Waals surface area contributed by atoms with Crippen LogP contribution in [-0.4, -0.2) is 70.1 Å². The average Bonchev–Trinajstić information content (AvgIpc) is 3.80. The number of benzene rings is 5. The SMILES string of the molecule is O=C(NC1CCCN(C(=O)C2(C(=O)OCc3ccccc3)CCN(Cc3ccc(-c4noc(-c5ccc(-c6ccccc6)c(F)c5)n4)cc3)CC2)C1)OCc1ccccc1. The number of nitrogens with zero attached hydrogens (tertiary/aromatic N) is 4. The standard InChI is InChI=1S/C48H46FN5O6/c49-42-29-39(22-23-41(42)37-15-8-3-9-16-37)44-51-43(52-60-44)38-20-18-34(19-21-38)30-53-27-24-48(25-28-53,46(56)58-32-35-11-4-1-5-12-35)45(55)54-26-10-17-40(31-54)50-47(57)59-33-36-13-6-2-7-14-36/h1-9,11-16,18-23,29,40H,10,17,24-28,30-33H2,(H,50,57). The van der Waals surface area contributed by atoms with Crippen molar-refractivity contribution < 1.29 is 32.8 Å². The number of halogens is 1. The Labute approximate surface area is 348 Å². The van der Waals surface area contributed by atoms with Crippen LogP contribution in [0.1, 0.15) is 42.4 Å². The van der Waals surface area contributed by atoms with Crippen molar-refractivity contribution in [3.63, 3.8) is 0 Å². The van der Waals surface area contributed by atoms with Crippen LogP contribution < -0.4 is 5.32 Å². The van der Waals surface area contributed by atoms with E-state index in [0.29, 0.717) is 68.8 Å². The molecule has 0 bridgehead atoms. The number of carbonyl (C=O) groups excluding carboxylic acids is 3. The van der Waals surface area contributed by atoms with E-state index in [2.05, 4.69) is 20.4 Å². The van der Waals surface area contributed by atoms with Crippen molar-refractivity contribution in [3.8, 4) is 34.0 Å². The molecule has 2 fully saturated rings. The topological polar surface area (TPSA) is 127 Å². The monoisotopic (exact) mass is 807 g/mol. The van der Waals surface area contributed by atoms with Crippen LogP contribution in [0.2, 0.25) is 0 Å². The van der Waals surface area contributed by atoms with Gasteiger partial charge in [-0.3, -0.25) is 14.5 Å². The highest BCUT2D eigenvalue weighted by atomic mass is 19.1. The minimum Gasteiger partial charge on any atom is -0.460 e. The molecule has 1 N–H and O–H groups in total. The Hall–Kier alpha value is -6.66. The van der Waals surface area contributed by atoms with Gasteiger partial charge in [-0.1, -0.05) is 126 Å². The molecule has 5 aromatic carbocycles. The number of ether oxygens (including phenoxy) is 2. The summed E-state index contributed by atoms with van der Waals surface area (Å²) < 4.78 is 31.9.